The fourth-order valence-corrected chi connectivity index (χ4v) is 2.97. The van der Waals surface area contributed by atoms with Crippen LogP contribution in [0.1, 0.15) is 66.7 Å². The monoisotopic (exact) mass is 323 g/mol. The summed E-state index contributed by atoms with van der Waals surface area (Å²) in [4.78, 5) is 11.8. The van der Waals surface area contributed by atoms with Gasteiger partial charge in [0.25, 0.3) is 0 Å². The largest absolute Gasteiger partial charge is 0.444 e. The lowest BCUT2D eigenvalue weighted by Gasteiger charge is -2.29. The maximum atomic E-state index is 11.8. The molecule has 0 saturated heterocycles. The maximum Gasteiger partial charge on any atom is 0.407 e. The molecule has 1 aliphatic carbocycles. The van der Waals surface area contributed by atoms with Crippen LogP contribution in [-0.2, 0) is 4.74 Å². The second-order valence-electron chi connectivity index (χ2n) is 8.38. The van der Waals surface area contributed by atoms with Crippen LogP contribution in [0.15, 0.2) is 0 Å². The summed E-state index contributed by atoms with van der Waals surface area (Å²) in [5, 5.41) is 15.3. The van der Waals surface area contributed by atoms with E-state index in [1.54, 1.807) is 0 Å². The number of ether oxygens (including phenoxy) is 1. The molecule has 1 amide bonds. The van der Waals surface area contributed by atoms with Crippen LogP contribution in [0.25, 0.3) is 0 Å². The van der Waals surface area contributed by atoms with Gasteiger partial charge in [-0.05, 0) is 51.4 Å². The highest BCUT2D eigenvalue weighted by Gasteiger charge is 2.29. The molecule has 5 heteroatoms. The van der Waals surface area contributed by atoms with Crippen molar-refractivity contribution in [1.29, 1.82) is 5.26 Å². The normalized spacial score (nSPS) is 21.7. The summed E-state index contributed by atoms with van der Waals surface area (Å²) in [6.07, 6.45) is 4.64. The molecule has 132 valence electrons. The van der Waals surface area contributed by atoms with E-state index in [-0.39, 0.29) is 11.5 Å². The summed E-state index contributed by atoms with van der Waals surface area (Å²) in [6.45, 7) is 11.6. The summed E-state index contributed by atoms with van der Waals surface area (Å²) < 4.78 is 5.29. The zero-order chi connectivity index (χ0) is 17.5. The predicted octanol–water partition coefficient (Wildman–Crippen LogP) is 3.60. The Labute approximate surface area is 141 Å². The number of carbonyl (C=O) groups excluding carboxylic acids is 1. The number of nitrogens with zero attached hydrogens (tertiary/aromatic N) is 1. The summed E-state index contributed by atoms with van der Waals surface area (Å²) in [6, 6.07) is 2.66. The molecule has 0 bridgehead atoms. The van der Waals surface area contributed by atoms with Crippen molar-refractivity contribution >= 4 is 6.09 Å². The highest BCUT2D eigenvalue weighted by Crippen LogP contribution is 2.27. The van der Waals surface area contributed by atoms with Crippen molar-refractivity contribution in [3.8, 4) is 6.07 Å². The van der Waals surface area contributed by atoms with Crippen LogP contribution < -0.4 is 10.6 Å². The van der Waals surface area contributed by atoms with Gasteiger partial charge in [-0.1, -0.05) is 20.3 Å². The van der Waals surface area contributed by atoms with Gasteiger partial charge in [0, 0.05) is 25.6 Å². The minimum Gasteiger partial charge on any atom is -0.444 e. The molecule has 1 aliphatic rings. The molecule has 1 rings (SSSR count). The van der Waals surface area contributed by atoms with Crippen molar-refractivity contribution in [2.75, 3.05) is 13.1 Å². The number of rotatable bonds is 7. The molecule has 2 N–H and O–H groups in total. The van der Waals surface area contributed by atoms with Gasteiger partial charge in [0.2, 0.25) is 0 Å². The van der Waals surface area contributed by atoms with Crippen molar-refractivity contribution in [3.05, 3.63) is 0 Å². The van der Waals surface area contributed by atoms with Crippen molar-refractivity contribution in [3.63, 3.8) is 0 Å². The molecule has 1 saturated carbocycles. The maximum absolute atomic E-state index is 11.8. The molecule has 0 spiro atoms. The van der Waals surface area contributed by atoms with Crippen molar-refractivity contribution in [1.82, 2.24) is 10.6 Å². The zero-order valence-electron chi connectivity index (χ0n) is 15.4. The van der Waals surface area contributed by atoms with Crippen LogP contribution in [-0.4, -0.2) is 30.8 Å². The Kier molecular flexibility index (Phi) is 7.34. The van der Waals surface area contributed by atoms with Gasteiger partial charge in [-0.2, -0.15) is 5.26 Å². The molecule has 0 aromatic rings. The lowest BCUT2D eigenvalue weighted by atomic mass is 9.87. The smallest absolute Gasteiger partial charge is 0.407 e. The van der Waals surface area contributed by atoms with Gasteiger partial charge in [0.05, 0.1) is 6.07 Å². The van der Waals surface area contributed by atoms with Gasteiger partial charge in [-0.25, -0.2) is 4.79 Å². The fraction of sp³-hybridized carbons (Fsp3) is 0.889. The number of alkyl carbamates (subject to hydrolysis) is 1. The van der Waals surface area contributed by atoms with E-state index in [0.29, 0.717) is 24.9 Å². The van der Waals surface area contributed by atoms with Gasteiger partial charge in [-0.15, -0.1) is 0 Å². The summed E-state index contributed by atoms with van der Waals surface area (Å²) in [5.74, 6) is 0.453. The fourth-order valence-electron chi connectivity index (χ4n) is 2.97. The molecule has 5 nitrogen and oxygen atoms in total. The first-order chi connectivity index (χ1) is 10.6. The zero-order valence-corrected chi connectivity index (χ0v) is 15.4. The SMILES string of the molecule is CC(C)(CCC#N)CNC1CCCC1CNC(=O)OC(C)(C)C. The third kappa shape index (κ3) is 8.22. The van der Waals surface area contributed by atoms with Gasteiger partial charge >= 0.3 is 6.09 Å². The lowest BCUT2D eigenvalue weighted by molar-refractivity contribution is 0.0517. The molecular weight excluding hydrogens is 290 g/mol. The molecule has 0 heterocycles. The van der Waals surface area contributed by atoms with Crippen LogP contribution in [0.4, 0.5) is 4.79 Å². The predicted molar refractivity (Wildman–Crippen MR) is 92.0 cm³/mol. The molecule has 0 aromatic carbocycles. The Bertz CT molecular complexity index is 421. The average Bonchev–Trinajstić information content (AvgIpc) is 2.86. The van der Waals surface area contributed by atoms with Crippen molar-refractivity contribution in [2.24, 2.45) is 11.3 Å². The standard InChI is InChI=1S/C18H33N3O2/c1-17(2,3)23-16(22)20-12-14-8-6-9-15(14)21-13-18(4,5)10-7-11-19/h14-15,21H,6-10,12-13H2,1-5H3,(H,20,22). The van der Waals surface area contributed by atoms with E-state index < -0.39 is 5.60 Å². The van der Waals surface area contributed by atoms with Crippen molar-refractivity contribution < 1.29 is 9.53 Å². The molecule has 2 atom stereocenters. The van der Waals surface area contributed by atoms with Gasteiger partial charge < -0.3 is 15.4 Å². The van der Waals surface area contributed by atoms with E-state index in [9.17, 15) is 4.79 Å². The minimum absolute atomic E-state index is 0.126. The number of nitrogens with one attached hydrogen (secondary N) is 2. The third-order valence-corrected chi connectivity index (χ3v) is 4.32. The van der Waals surface area contributed by atoms with Crippen LogP contribution in [0.5, 0.6) is 0 Å². The Balaban J connectivity index is 2.37. The van der Waals surface area contributed by atoms with E-state index in [0.717, 1.165) is 25.8 Å². The van der Waals surface area contributed by atoms with E-state index in [4.69, 9.17) is 10.00 Å². The van der Waals surface area contributed by atoms with Crippen LogP contribution in [0.2, 0.25) is 0 Å². The van der Waals surface area contributed by atoms with Gasteiger partial charge in [0.1, 0.15) is 5.60 Å². The van der Waals surface area contributed by atoms with E-state index >= 15 is 0 Å². The highest BCUT2D eigenvalue weighted by atomic mass is 16.6. The van der Waals surface area contributed by atoms with Crippen LogP contribution >= 0.6 is 0 Å². The van der Waals surface area contributed by atoms with Gasteiger partial charge in [0.15, 0.2) is 0 Å². The first-order valence-corrected chi connectivity index (χ1v) is 8.70. The molecule has 1 fully saturated rings. The highest BCUT2D eigenvalue weighted by molar-refractivity contribution is 5.67. The first kappa shape index (κ1) is 19.8. The molecule has 2 unspecified atom stereocenters. The van der Waals surface area contributed by atoms with Crippen molar-refractivity contribution in [2.45, 2.75) is 78.4 Å². The van der Waals surface area contributed by atoms with E-state index in [2.05, 4.69) is 30.6 Å². The van der Waals surface area contributed by atoms with Gasteiger partial charge in [-0.3, -0.25) is 0 Å². The number of hydrogen-bond acceptors (Lipinski definition) is 4. The molecule has 23 heavy (non-hydrogen) atoms. The quantitative estimate of drug-likeness (QED) is 0.750. The summed E-state index contributed by atoms with van der Waals surface area (Å²) in [5.41, 5.74) is -0.330. The third-order valence-electron chi connectivity index (χ3n) is 4.32. The average molecular weight is 323 g/mol. The molecular formula is C18H33N3O2. The minimum atomic E-state index is -0.456. The van der Waals surface area contributed by atoms with E-state index in [1.165, 1.54) is 6.42 Å². The Morgan fingerprint density at radius 1 is 1.26 bits per heavy atom. The van der Waals surface area contributed by atoms with Crippen LogP contribution in [0, 0.1) is 22.7 Å². The Hall–Kier alpha value is -1.28. The van der Waals surface area contributed by atoms with E-state index in [1.807, 2.05) is 20.8 Å². The Morgan fingerprint density at radius 3 is 2.57 bits per heavy atom. The Morgan fingerprint density at radius 2 is 1.96 bits per heavy atom. The molecule has 0 radical (unpaired) electrons. The number of carbonyl (C=O) groups is 1. The summed E-state index contributed by atoms with van der Waals surface area (Å²) in [7, 11) is 0. The topological polar surface area (TPSA) is 74.2 Å². The second kappa shape index (κ2) is 8.54. The number of nitriles is 1. The summed E-state index contributed by atoms with van der Waals surface area (Å²) >= 11 is 0. The number of hydrogen-bond donors (Lipinski definition) is 2. The molecule has 0 aliphatic heterocycles. The molecule has 0 aromatic heterocycles. The first-order valence-electron chi connectivity index (χ1n) is 8.70. The van der Waals surface area contributed by atoms with Crippen LogP contribution in [0.3, 0.4) is 0 Å². The number of amides is 1. The second-order valence-corrected chi connectivity index (χ2v) is 8.38. The lowest BCUT2D eigenvalue weighted by Crippen LogP contribution is -2.43.